The first-order valence-electron chi connectivity index (χ1n) is 11.9. The standard InChI is InChI=1S/C23H34N8OS/c1-29-5-3-16(4-6-29)14-30(2)15-18-11-19-20(33-18)22(31-7-9-32-10-8-31)28-21(27-19)17-12-25-23(24)26-13-17/h12-13,16,18H,3-11,14-15H2,1-2H3,(H2,24,25,26). The number of nitrogen functional groups attached to an aromatic ring is 1. The van der Waals surface area contributed by atoms with Crippen LogP contribution in [0.4, 0.5) is 11.8 Å². The average molecular weight is 471 g/mol. The first-order chi connectivity index (χ1) is 16.0. The Bertz CT molecular complexity index is 944. The largest absolute Gasteiger partial charge is 0.378 e. The molecule has 2 aromatic heterocycles. The number of hydrogen-bond donors (Lipinski definition) is 1. The summed E-state index contributed by atoms with van der Waals surface area (Å²) in [6.07, 6.45) is 6.99. The van der Waals surface area contributed by atoms with Gasteiger partial charge in [-0.15, -0.1) is 11.8 Å². The van der Waals surface area contributed by atoms with Crippen LogP contribution in [0, 0.1) is 5.92 Å². The molecule has 5 rings (SSSR count). The van der Waals surface area contributed by atoms with E-state index in [2.05, 4.69) is 38.8 Å². The van der Waals surface area contributed by atoms with Gasteiger partial charge in [-0.05, 0) is 45.9 Å². The maximum absolute atomic E-state index is 5.68. The van der Waals surface area contributed by atoms with Crippen molar-refractivity contribution in [2.75, 3.05) is 77.2 Å². The lowest BCUT2D eigenvalue weighted by Crippen LogP contribution is -2.37. The SMILES string of the molecule is CN1CCC(CN(C)CC2Cc3nc(-c4cnc(N)nc4)nc(N4CCOCC4)c3S2)CC1. The summed E-state index contributed by atoms with van der Waals surface area (Å²) in [5.74, 6) is 2.77. The maximum atomic E-state index is 5.68. The Hall–Kier alpha value is -2.01. The molecule has 0 amide bonds. The van der Waals surface area contributed by atoms with Gasteiger partial charge in [-0.3, -0.25) is 0 Å². The van der Waals surface area contributed by atoms with E-state index in [9.17, 15) is 0 Å². The summed E-state index contributed by atoms with van der Waals surface area (Å²) < 4.78 is 5.59. The number of nitrogens with zero attached hydrogens (tertiary/aromatic N) is 7. The molecule has 2 fully saturated rings. The summed E-state index contributed by atoms with van der Waals surface area (Å²) in [7, 11) is 4.50. The van der Waals surface area contributed by atoms with Gasteiger partial charge in [0.2, 0.25) is 5.95 Å². The predicted octanol–water partition coefficient (Wildman–Crippen LogP) is 1.64. The van der Waals surface area contributed by atoms with Crippen molar-refractivity contribution >= 4 is 23.5 Å². The number of likely N-dealkylation sites (tertiary alicyclic amines) is 1. The highest BCUT2D eigenvalue weighted by atomic mass is 32.2. The molecule has 10 heteroatoms. The normalized spacial score (nSPS) is 22.2. The van der Waals surface area contributed by atoms with E-state index < -0.39 is 0 Å². The van der Waals surface area contributed by atoms with Crippen molar-refractivity contribution in [3.05, 3.63) is 18.1 Å². The van der Waals surface area contributed by atoms with Gasteiger partial charge in [-0.2, -0.15) is 0 Å². The van der Waals surface area contributed by atoms with Crippen LogP contribution >= 0.6 is 11.8 Å². The minimum Gasteiger partial charge on any atom is -0.378 e. The third-order valence-electron chi connectivity index (χ3n) is 6.79. The van der Waals surface area contributed by atoms with E-state index >= 15 is 0 Å². The second-order valence-electron chi connectivity index (χ2n) is 9.49. The molecular formula is C23H34N8OS. The van der Waals surface area contributed by atoms with Crippen LogP contribution in [-0.4, -0.2) is 102 Å². The zero-order valence-electron chi connectivity index (χ0n) is 19.6. The Morgan fingerprint density at radius 1 is 1.09 bits per heavy atom. The van der Waals surface area contributed by atoms with Gasteiger partial charge in [0.05, 0.1) is 29.4 Å². The first-order valence-corrected chi connectivity index (χ1v) is 12.8. The minimum absolute atomic E-state index is 0.261. The van der Waals surface area contributed by atoms with Gasteiger partial charge in [0.15, 0.2) is 5.82 Å². The Balaban J connectivity index is 1.33. The van der Waals surface area contributed by atoms with Crippen molar-refractivity contribution in [1.29, 1.82) is 0 Å². The van der Waals surface area contributed by atoms with Crippen molar-refractivity contribution in [3.63, 3.8) is 0 Å². The van der Waals surface area contributed by atoms with Crippen LogP contribution in [0.25, 0.3) is 11.4 Å². The summed E-state index contributed by atoms with van der Waals surface area (Å²) in [5.41, 5.74) is 7.62. The van der Waals surface area contributed by atoms with Crippen LogP contribution in [-0.2, 0) is 11.2 Å². The number of hydrogen-bond acceptors (Lipinski definition) is 10. The lowest BCUT2D eigenvalue weighted by Gasteiger charge is -2.32. The van der Waals surface area contributed by atoms with Crippen molar-refractivity contribution < 1.29 is 4.74 Å². The number of fused-ring (bicyclic) bond motifs is 1. The molecule has 1 atom stereocenters. The Morgan fingerprint density at radius 3 is 2.55 bits per heavy atom. The lowest BCUT2D eigenvalue weighted by molar-refractivity contribution is 0.122. The molecule has 3 aliphatic heterocycles. The second kappa shape index (κ2) is 10.1. The average Bonchev–Trinajstić information content (AvgIpc) is 3.23. The summed E-state index contributed by atoms with van der Waals surface area (Å²) in [5, 5.41) is 0.489. The van der Waals surface area contributed by atoms with Crippen LogP contribution in [0.1, 0.15) is 18.5 Å². The zero-order valence-corrected chi connectivity index (χ0v) is 20.4. The molecule has 2 saturated heterocycles. The Kier molecular flexibility index (Phi) is 6.96. The predicted molar refractivity (Wildman–Crippen MR) is 132 cm³/mol. The molecule has 0 aliphatic carbocycles. The number of piperidine rings is 1. The molecular weight excluding hydrogens is 436 g/mol. The van der Waals surface area contributed by atoms with Gasteiger partial charge in [-0.25, -0.2) is 19.9 Å². The van der Waals surface area contributed by atoms with Gasteiger partial charge in [0.25, 0.3) is 0 Å². The molecule has 0 aromatic carbocycles. The number of ether oxygens (including phenoxy) is 1. The molecule has 0 radical (unpaired) electrons. The number of aromatic nitrogens is 4. The molecule has 1 unspecified atom stereocenters. The van der Waals surface area contributed by atoms with Crippen molar-refractivity contribution in [3.8, 4) is 11.4 Å². The Labute approximate surface area is 200 Å². The molecule has 0 saturated carbocycles. The zero-order chi connectivity index (χ0) is 22.8. The summed E-state index contributed by atoms with van der Waals surface area (Å²) in [4.78, 5) is 26.8. The van der Waals surface area contributed by atoms with E-state index in [1.807, 2.05) is 11.8 Å². The van der Waals surface area contributed by atoms with Crippen molar-refractivity contribution in [1.82, 2.24) is 29.7 Å². The number of anilines is 2. The highest BCUT2D eigenvalue weighted by Gasteiger charge is 2.32. The fourth-order valence-electron chi connectivity index (χ4n) is 4.95. The van der Waals surface area contributed by atoms with Crippen LogP contribution in [0.3, 0.4) is 0 Å². The molecule has 0 spiro atoms. The molecule has 33 heavy (non-hydrogen) atoms. The fourth-order valence-corrected chi connectivity index (χ4v) is 6.40. The van der Waals surface area contributed by atoms with Crippen molar-refractivity contribution in [2.45, 2.75) is 29.4 Å². The molecule has 5 heterocycles. The van der Waals surface area contributed by atoms with E-state index in [4.69, 9.17) is 20.4 Å². The lowest BCUT2D eigenvalue weighted by atomic mass is 9.96. The van der Waals surface area contributed by atoms with Gasteiger partial charge in [-0.1, -0.05) is 0 Å². The highest BCUT2D eigenvalue weighted by molar-refractivity contribution is 8.00. The van der Waals surface area contributed by atoms with Gasteiger partial charge >= 0.3 is 0 Å². The monoisotopic (exact) mass is 470 g/mol. The topological polar surface area (TPSA) is 96.5 Å². The third kappa shape index (κ3) is 5.40. The molecule has 3 aliphatic rings. The van der Waals surface area contributed by atoms with Crippen LogP contribution in [0.2, 0.25) is 0 Å². The van der Waals surface area contributed by atoms with Gasteiger partial charge in [0.1, 0.15) is 5.82 Å². The summed E-state index contributed by atoms with van der Waals surface area (Å²) in [6.45, 7) is 7.84. The highest BCUT2D eigenvalue weighted by Crippen LogP contribution is 2.43. The number of morpholine rings is 1. The van der Waals surface area contributed by atoms with E-state index in [-0.39, 0.29) is 5.95 Å². The molecule has 2 N–H and O–H groups in total. The van der Waals surface area contributed by atoms with Gasteiger partial charge in [0, 0.05) is 50.2 Å². The Morgan fingerprint density at radius 2 is 1.82 bits per heavy atom. The molecule has 2 aromatic rings. The number of thioether (sulfide) groups is 1. The van der Waals surface area contributed by atoms with Crippen molar-refractivity contribution in [2.24, 2.45) is 5.92 Å². The summed E-state index contributed by atoms with van der Waals surface area (Å²) >= 11 is 1.94. The van der Waals surface area contributed by atoms with E-state index in [0.29, 0.717) is 11.1 Å². The quantitative estimate of drug-likeness (QED) is 0.671. The minimum atomic E-state index is 0.261. The number of nitrogens with two attached hydrogens (primary N) is 1. The smallest absolute Gasteiger partial charge is 0.219 e. The third-order valence-corrected chi connectivity index (χ3v) is 8.09. The van der Waals surface area contributed by atoms with E-state index in [1.54, 1.807) is 12.4 Å². The second-order valence-corrected chi connectivity index (χ2v) is 10.8. The fraction of sp³-hybridized carbons (Fsp3) is 0.652. The molecule has 178 valence electrons. The molecule has 9 nitrogen and oxygen atoms in total. The van der Waals surface area contributed by atoms with E-state index in [0.717, 1.165) is 62.3 Å². The molecule has 0 bridgehead atoms. The number of rotatable bonds is 6. The van der Waals surface area contributed by atoms with Crippen LogP contribution < -0.4 is 10.6 Å². The van der Waals surface area contributed by atoms with Gasteiger partial charge < -0.3 is 25.2 Å². The van der Waals surface area contributed by atoms with E-state index in [1.165, 1.54) is 37.4 Å². The van der Waals surface area contributed by atoms with Crippen LogP contribution in [0.15, 0.2) is 17.3 Å². The van der Waals surface area contributed by atoms with Crippen LogP contribution in [0.5, 0.6) is 0 Å². The summed E-state index contributed by atoms with van der Waals surface area (Å²) in [6, 6.07) is 0. The maximum Gasteiger partial charge on any atom is 0.219 e. The first kappa shape index (κ1) is 22.8.